The van der Waals surface area contributed by atoms with E-state index in [1.165, 1.54) is 5.57 Å². The summed E-state index contributed by atoms with van der Waals surface area (Å²) in [6, 6.07) is 7.21. The van der Waals surface area contributed by atoms with Crippen LogP contribution >= 0.6 is 0 Å². The van der Waals surface area contributed by atoms with Crippen LogP contribution in [0, 0.1) is 0 Å². The molecule has 15 heavy (non-hydrogen) atoms. The number of rotatable bonds is 1. The minimum Gasteiger partial charge on any atom is -0.508 e. The molecule has 80 valence electrons. The average molecular weight is 204 g/mol. The maximum Gasteiger partial charge on any atom is 0.115 e. The Labute approximate surface area is 90.2 Å². The van der Waals surface area contributed by atoms with Crippen molar-refractivity contribution in [2.24, 2.45) is 0 Å². The Morgan fingerprint density at radius 2 is 1.93 bits per heavy atom. The summed E-state index contributed by atoms with van der Waals surface area (Å²) in [4.78, 5) is 0. The van der Waals surface area contributed by atoms with Gasteiger partial charge in [0.25, 0.3) is 0 Å². The molecule has 2 atom stereocenters. The molecule has 1 fully saturated rings. The summed E-state index contributed by atoms with van der Waals surface area (Å²) < 4.78 is 5.84. The van der Waals surface area contributed by atoms with Crippen LogP contribution in [0.4, 0.5) is 0 Å². The van der Waals surface area contributed by atoms with Gasteiger partial charge in [0.1, 0.15) is 5.75 Å². The summed E-state index contributed by atoms with van der Waals surface area (Å²) in [5.41, 5.74) is 2.35. The first-order valence-electron chi connectivity index (χ1n) is 5.26. The molecule has 2 rings (SSSR count). The lowest BCUT2D eigenvalue weighted by molar-refractivity contribution is -0.0224. The number of aromatic hydroxyl groups is 1. The fraction of sp³-hybridized carbons (Fsp3) is 0.385. The van der Waals surface area contributed by atoms with Gasteiger partial charge in [-0.2, -0.15) is 0 Å². The number of benzene rings is 1. The van der Waals surface area contributed by atoms with Crippen LogP contribution in [0.25, 0.3) is 0 Å². The molecule has 2 heteroatoms. The highest BCUT2D eigenvalue weighted by molar-refractivity contribution is 5.28. The van der Waals surface area contributed by atoms with Crippen LogP contribution in [0.5, 0.6) is 5.75 Å². The molecule has 0 aromatic heterocycles. The van der Waals surface area contributed by atoms with Gasteiger partial charge < -0.3 is 9.84 Å². The van der Waals surface area contributed by atoms with Gasteiger partial charge in [0.15, 0.2) is 0 Å². The topological polar surface area (TPSA) is 29.5 Å². The van der Waals surface area contributed by atoms with Crippen molar-refractivity contribution in [1.82, 2.24) is 0 Å². The number of ether oxygens (including phenoxy) is 1. The third kappa shape index (κ3) is 2.39. The quantitative estimate of drug-likeness (QED) is 0.712. The summed E-state index contributed by atoms with van der Waals surface area (Å²) in [5, 5.41) is 9.20. The van der Waals surface area contributed by atoms with Crippen molar-refractivity contribution in [3.8, 4) is 5.75 Å². The highest BCUT2D eigenvalue weighted by Gasteiger charge is 2.22. The molecule has 1 aromatic carbocycles. The zero-order valence-electron chi connectivity index (χ0n) is 8.94. The molecule has 1 heterocycles. The minimum atomic E-state index is 0.0989. The molecule has 0 spiro atoms. The van der Waals surface area contributed by atoms with Gasteiger partial charge in [-0.3, -0.25) is 0 Å². The lowest BCUT2D eigenvalue weighted by Crippen LogP contribution is -2.20. The third-order valence-corrected chi connectivity index (χ3v) is 2.71. The van der Waals surface area contributed by atoms with E-state index in [4.69, 9.17) is 4.74 Å². The molecule has 1 saturated heterocycles. The second-order valence-corrected chi connectivity index (χ2v) is 4.19. The SMILES string of the molecule is C=C1C[C@H](C)O[C@@H](c2ccc(O)cc2)C1. The maximum atomic E-state index is 9.20. The van der Waals surface area contributed by atoms with E-state index in [-0.39, 0.29) is 12.2 Å². The van der Waals surface area contributed by atoms with Crippen molar-refractivity contribution in [2.45, 2.75) is 32.0 Å². The van der Waals surface area contributed by atoms with Crippen LogP contribution in [0.1, 0.15) is 31.4 Å². The van der Waals surface area contributed by atoms with Crippen LogP contribution in [0.15, 0.2) is 36.4 Å². The molecule has 1 aliphatic heterocycles. The Kier molecular flexibility index (Phi) is 2.78. The highest BCUT2D eigenvalue weighted by atomic mass is 16.5. The minimum absolute atomic E-state index is 0.0989. The van der Waals surface area contributed by atoms with Gasteiger partial charge in [-0.05, 0) is 37.5 Å². The Morgan fingerprint density at radius 3 is 2.53 bits per heavy atom. The van der Waals surface area contributed by atoms with E-state index in [1.807, 2.05) is 12.1 Å². The normalized spacial score (nSPS) is 26.6. The molecule has 2 nitrogen and oxygen atoms in total. The highest BCUT2D eigenvalue weighted by Crippen LogP contribution is 2.33. The fourth-order valence-corrected chi connectivity index (χ4v) is 2.01. The van der Waals surface area contributed by atoms with Crippen LogP contribution in [-0.2, 0) is 4.74 Å². The zero-order valence-corrected chi connectivity index (χ0v) is 8.94. The van der Waals surface area contributed by atoms with Crippen molar-refractivity contribution < 1.29 is 9.84 Å². The summed E-state index contributed by atoms with van der Waals surface area (Å²) >= 11 is 0. The number of hydrogen-bond donors (Lipinski definition) is 1. The largest absolute Gasteiger partial charge is 0.508 e. The number of phenolic OH excluding ortho intramolecular Hbond substituents is 1. The number of hydrogen-bond acceptors (Lipinski definition) is 2. The predicted octanol–water partition coefficient (Wildman–Crippen LogP) is 3.19. The summed E-state index contributed by atoms with van der Waals surface area (Å²) in [5.74, 6) is 0.293. The van der Waals surface area contributed by atoms with Gasteiger partial charge >= 0.3 is 0 Å². The Hall–Kier alpha value is -1.28. The van der Waals surface area contributed by atoms with Crippen molar-refractivity contribution in [2.75, 3.05) is 0 Å². The molecule has 0 saturated carbocycles. The smallest absolute Gasteiger partial charge is 0.115 e. The fourth-order valence-electron chi connectivity index (χ4n) is 2.01. The molecule has 0 unspecified atom stereocenters. The van der Waals surface area contributed by atoms with Crippen molar-refractivity contribution in [3.63, 3.8) is 0 Å². The van der Waals surface area contributed by atoms with E-state index in [1.54, 1.807) is 12.1 Å². The lowest BCUT2D eigenvalue weighted by Gasteiger charge is -2.29. The first-order chi connectivity index (χ1) is 7.15. The first kappa shape index (κ1) is 10.2. The van der Waals surface area contributed by atoms with E-state index < -0.39 is 0 Å². The second kappa shape index (κ2) is 4.07. The van der Waals surface area contributed by atoms with Crippen molar-refractivity contribution in [1.29, 1.82) is 0 Å². The van der Waals surface area contributed by atoms with Crippen LogP contribution < -0.4 is 0 Å². The molecular formula is C13H16O2. The standard InChI is InChI=1S/C13H16O2/c1-9-7-10(2)15-13(8-9)11-3-5-12(14)6-4-11/h3-6,10,13-14H,1,7-8H2,2H3/t10-,13+/m0/s1. The van der Waals surface area contributed by atoms with E-state index >= 15 is 0 Å². The van der Waals surface area contributed by atoms with Crippen LogP contribution in [0.2, 0.25) is 0 Å². The van der Waals surface area contributed by atoms with Gasteiger partial charge in [-0.25, -0.2) is 0 Å². The van der Waals surface area contributed by atoms with E-state index in [0.717, 1.165) is 18.4 Å². The van der Waals surface area contributed by atoms with E-state index in [9.17, 15) is 5.11 Å². The van der Waals surface area contributed by atoms with Crippen LogP contribution in [0.3, 0.4) is 0 Å². The molecule has 1 aromatic rings. The molecule has 0 bridgehead atoms. The summed E-state index contributed by atoms with van der Waals surface area (Å²) in [6.45, 7) is 6.10. The van der Waals surface area contributed by atoms with Crippen LogP contribution in [-0.4, -0.2) is 11.2 Å². The predicted molar refractivity (Wildman–Crippen MR) is 59.8 cm³/mol. The molecule has 1 aliphatic rings. The van der Waals surface area contributed by atoms with Gasteiger partial charge in [0.05, 0.1) is 12.2 Å². The molecule has 0 radical (unpaired) electrons. The third-order valence-electron chi connectivity index (χ3n) is 2.71. The maximum absolute atomic E-state index is 9.20. The van der Waals surface area contributed by atoms with Gasteiger partial charge in [-0.15, -0.1) is 0 Å². The zero-order chi connectivity index (χ0) is 10.8. The average Bonchev–Trinajstić information content (AvgIpc) is 2.17. The molecule has 0 aliphatic carbocycles. The first-order valence-corrected chi connectivity index (χ1v) is 5.26. The molecule has 1 N–H and O–H groups in total. The van der Waals surface area contributed by atoms with Gasteiger partial charge in [-0.1, -0.05) is 24.3 Å². The Balaban J connectivity index is 2.16. The summed E-state index contributed by atoms with van der Waals surface area (Å²) in [6.07, 6.45) is 2.18. The Bertz CT molecular complexity index is 353. The van der Waals surface area contributed by atoms with Crippen molar-refractivity contribution >= 4 is 0 Å². The monoisotopic (exact) mass is 204 g/mol. The Morgan fingerprint density at radius 1 is 1.27 bits per heavy atom. The second-order valence-electron chi connectivity index (χ2n) is 4.19. The van der Waals surface area contributed by atoms with E-state index in [2.05, 4.69) is 13.5 Å². The van der Waals surface area contributed by atoms with E-state index in [0.29, 0.717) is 5.75 Å². The molecular weight excluding hydrogens is 188 g/mol. The van der Waals surface area contributed by atoms with Gasteiger partial charge in [0.2, 0.25) is 0 Å². The number of phenols is 1. The summed E-state index contributed by atoms with van der Waals surface area (Å²) in [7, 11) is 0. The lowest BCUT2D eigenvalue weighted by atomic mass is 9.95. The van der Waals surface area contributed by atoms with Gasteiger partial charge in [0, 0.05) is 0 Å². The molecule has 0 amide bonds. The van der Waals surface area contributed by atoms with Crippen molar-refractivity contribution in [3.05, 3.63) is 42.0 Å².